The number of rotatable bonds is 3. The molecule has 1 aromatic rings. The van der Waals surface area contributed by atoms with Crippen molar-refractivity contribution in [3.63, 3.8) is 0 Å². The number of hydrogen-bond acceptors (Lipinski definition) is 2. The molecule has 0 saturated carbocycles. The molecule has 5 nitrogen and oxygen atoms in total. The number of aliphatic carboxylic acids is 1. The van der Waals surface area contributed by atoms with E-state index in [0.717, 1.165) is 0 Å². The number of carboxylic acid groups (broad SMARTS) is 1. The average molecular weight is 291 g/mol. The Labute approximate surface area is 114 Å². The quantitative estimate of drug-likeness (QED) is 0.801. The van der Waals surface area contributed by atoms with Crippen molar-refractivity contribution in [3.05, 3.63) is 28.2 Å². The van der Waals surface area contributed by atoms with Crippen LogP contribution in [0.4, 0.5) is 10.5 Å². The Kier molecular flexibility index (Phi) is 4.43. The number of benzene rings is 1. The van der Waals surface area contributed by atoms with Crippen molar-refractivity contribution in [1.82, 2.24) is 5.32 Å². The minimum Gasteiger partial charge on any atom is -0.480 e. The lowest BCUT2D eigenvalue weighted by Gasteiger charge is -2.21. The third-order valence-corrected chi connectivity index (χ3v) is 2.70. The van der Waals surface area contributed by atoms with E-state index in [-0.39, 0.29) is 0 Å². The van der Waals surface area contributed by atoms with E-state index in [0.29, 0.717) is 15.7 Å². The zero-order chi connectivity index (χ0) is 13.9. The van der Waals surface area contributed by atoms with Gasteiger partial charge in [-0.15, -0.1) is 0 Å². The lowest BCUT2D eigenvalue weighted by atomic mass is 10.1. The molecule has 0 aliphatic heterocycles. The summed E-state index contributed by atoms with van der Waals surface area (Å²) in [5.41, 5.74) is -1.07. The summed E-state index contributed by atoms with van der Waals surface area (Å²) in [4.78, 5) is 22.4. The first-order valence-electron chi connectivity index (χ1n) is 5.00. The maximum atomic E-state index is 11.6. The Balaban J connectivity index is 2.77. The van der Waals surface area contributed by atoms with Gasteiger partial charge in [-0.05, 0) is 32.0 Å². The Morgan fingerprint density at radius 2 is 1.89 bits per heavy atom. The monoisotopic (exact) mass is 290 g/mol. The van der Waals surface area contributed by atoms with Crippen LogP contribution < -0.4 is 10.6 Å². The van der Waals surface area contributed by atoms with Crippen LogP contribution in [0.1, 0.15) is 13.8 Å². The zero-order valence-corrected chi connectivity index (χ0v) is 11.3. The smallest absolute Gasteiger partial charge is 0.328 e. The maximum absolute atomic E-state index is 11.6. The largest absolute Gasteiger partial charge is 0.480 e. The molecule has 2 amide bonds. The van der Waals surface area contributed by atoms with Crippen LogP contribution in [0.5, 0.6) is 0 Å². The Hall–Kier alpha value is -1.46. The molecule has 0 spiro atoms. The van der Waals surface area contributed by atoms with Gasteiger partial charge in [-0.3, -0.25) is 0 Å². The SMILES string of the molecule is CC(C)(NC(=O)Nc1cc(Cl)ccc1Cl)C(=O)O. The second-order valence-electron chi connectivity index (χ2n) is 4.13. The Bertz CT molecular complexity index is 489. The molecule has 7 heteroatoms. The summed E-state index contributed by atoms with van der Waals surface area (Å²) in [6.07, 6.45) is 0. The van der Waals surface area contributed by atoms with Gasteiger partial charge in [-0.1, -0.05) is 23.2 Å². The fourth-order valence-electron chi connectivity index (χ4n) is 1.08. The second-order valence-corrected chi connectivity index (χ2v) is 4.98. The van der Waals surface area contributed by atoms with Gasteiger partial charge in [0, 0.05) is 5.02 Å². The molecule has 0 aliphatic rings. The molecule has 3 N–H and O–H groups in total. The number of carboxylic acids is 1. The first-order chi connectivity index (χ1) is 8.22. The molecular weight excluding hydrogens is 279 g/mol. The molecule has 1 rings (SSSR count). The van der Waals surface area contributed by atoms with Crippen LogP contribution >= 0.6 is 23.2 Å². The number of halogens is 2. The van der Waals surface area contributed by atoms with E-state index in [1.54, 1.807) is 6.07 Å². The van der Waals surface area contributed by atoms with Crippen molar-refractivity contribution in [2.45, 2.75) is 19.4 Å². The normalized spacial score (nSPS) is 10.9. The summed E-state index contributed by atoms with van der Waals surface area (Å²) in [6.45, 7) is 2.74. The molecule has 0 heterocycles. The van der Waals surface area contributed by atoms with Gasteiger partial charge in [0.25, 0.3) is 0 Å². The fraction of sp³-hybridized carbons (Fsp3) is 0.273. The van der Waals surface area contributed by atoms with Crippen LogP contribution in [0.2, 0.25) is 10.0 Å². The highest BCUT2D eigenvalue weighted by Gasteiger charge is 2.29. The van der Waals surface area contributed by atoms with Crippen LogP contribution in [-0.2, 0) is 4.79 Å². The maximum Gasteiger partial charge on any atom is 0.328 e. The highest BCUT2D eigenvalue weighted by molar-refractivity contribution is 6.35. The topological polar surface area (TPSA) is 78.4 Å². The predicted octanol–water partition coefficient (Wildman–Crippen LogP) is 2.98. The zero-order valence-electron chi connectivity index (χ0n) is 9.75. The number of amides is 2. The van der Waals surface area contributed by atoms with Gasteiger partial charge in [0.1, 0.15) is 5.54 Å². The Morgan fingerprint density at radius 1 is 1.28 bits per heavy atom. The lowest BCUT2D eigenvalue weighted by Crippen LogP contribution is -2.51. The van der Waals surface area contributed by atoms with E-state index in [2.05, 4.69) is 10.6 Å². The van der Waals surface area contributed by atoms with Gasteiger partial charge < -0.3 is 15.7 Å². The lowest BCUT2D eigenvalue weighted by molar-refractivity contribution is -0.142. The van der Waals surface area contributed by atoms with Gasteiger partial charge in [0.2, 0.25) is 0 Å². The van der Waals surface area contributed by atoms with Crippen molar-refractivity contribution < 1.29 is 14.7 Å². The van der Waals surface area contributed by atoms with Crippen LogP contribution in [0, 0.1) is 0 Å². The number of nitrogens with one attached hydrogen (secondary N) is 2. The van der Waals surface area contributed by atoms with Crippen LogP contribution in [0.15, 0.2) is 18.2 Å². The second kappa shape index (κ2) is 5.46. The van der Waals surface area contributed by atoms with E-state index < -0.39 is 17.5 Å². The molecule has 0 unspecified atom stereocenters. The number of carbonyl (C=O) groups excluding carboxylic acids is 1. The Morgan fingerprint density at radius 3 is 2.44 bits per heavy atom. The van der Waals surface area contributed by atoms with Crippen molar-refractivity contribution in [3.8, 4) is 0 Å². The predicted molar refractivity (Wildman–Crippen MR) is 70.3 cm³/mol. The van der Waals surface area contributed by atoms with E-state index >= 15 is 0 Å². The highest BCUT2D eigenvalue weighted by Crippen LogP contribution is 2.25. The van der Waals surface area contributed by atoms with Gasteiger partial charge in [-0.2, -0.15) is 0 Å². The first kappa shape index (κ1) is 14.6. The van der Waals surface area contributed by atoms with Crippen molar-refractivity contribution in [1.29, 1.82) is 0 Å². The summed E-state index contributed by atoms with van der Waals surface area (Å²) in [7, 11) is 0. The summed E-state index contributed by atoms with van der Waals surface area (Å²) in [6, 6.07) is 3.90. The summed E-state index contributed by atoms with van der Waals surface area (Å²) in [5, 5.41) is 14.3. The van der Waals surface area contributed by atoms with E-state index in [1.165, 1.54) is 26.0 Å². The van der Waals surface area contributed by atoms with E-state index in [1.807, 2.05) is 0 Å². The molecule has 18 heavy (non-hydrogen) atoms. The highest BCUT2D eigenvalue weighted by atomic mass is 35.5. The average Bonchev–Trinajstić information content (AvgIpc) is 2.22. The number of urea groups is 1. The standard InChI is InChI=1S/C11H12Cl2N2O3/c1-11(2,9(16)17)15-10(18)14-8-5-6(12)3-4-7(8)13/h3-5H,1-2H3,(H,16,17)(H2,14,15,18). The summed E-state index contributed by atoms with van der Waals surface area (Å²) in [5.74, 6) is -1.14. The molecule has 0 radical (unpaired) electrons. The van der Waals surface area contributed by atoms with Gasteiger partial charge in [0.05, 0.1) is 10.7 Å². The van der Waals surface area contributed by atoms with Crippen LogP contribution in [0.25, 0.3) is 0 Å². The van der Waals surface area contributed by atoms with Crippen LogP contribution in [0.3, 0.4) is 0 Å². The third-order valence-electron chi connectivity index (χ3n) is 2.14. The van der Waals surface area contributed by atoms with Gasteiger partial charge in [-0.25, -0.2) is 9.59 Å². The molecule has 0 saturated heterocycles. The van der Waals surface area contributed by atoms with Crippen molar-refractivity contribution in [2.75, 3.05) is 5.32 Å². The molecular formula is C11H12Cl2N2O3. The number of carbonyl (C=O) groups is 2. The number of hydrogen-bond donors (Lipinski definition) is 3. The molecule has 0 atom stereocenters. The van der Waals surface area contributed by atoms with Crippen molar-refractivity contribution in [2.24, 2.45) is 0 Å². The fourth-order valence-corrected chi connectivity index (χ4v) is 1.42. The van der Waals surface area contributed by atoms with E-state index in [9.17, 15) is 9.59 Å². The molecule has 0 fully saturated rings. The van der Waals surface area contributed by atoms with Gasteiger partial charge >= 0.3 is 12.0 Å². The van der Waals surface area contributed by atoms with Gasteiger partial charge in [0.15, 0.2) is 0 Å². The third kappa shape index (κ3) is 3.78. The summed E-state index contributed by atoms with van der Waals surface area (Å²) < 4.78 is 0. The number of anilines is 1. The molecule has 98 valence electrons. The minimum atomic E-state index is -1.38. The molecule has 0 aliphatic carbocycles. The first-order valence-corrected chi connectivity index (χ1v) is 5.75. The molecule has 1 aromatic carbocycles. The minimum absolute atomic E-state index is 0.308. The molecule has 0 aromatic heterocycles. The summed E-state index contributed by atoms with van der Waals surface area (Å²) >= 11 is 11.6. The van der Waals surface area contributed by atoms with Crippen molar-refractivity contribution >= 4 is 40.9 Å². The van der Waals surface area contributed by atoms with E-state index in [4.69, 9.17) is 28.3 Å². The van der Waals surface area contributed by atoms with Crippen LogP contribution in [-0.4, -0.2) is 22.6 Å². The molecule has 0 bridgehead atoms.